The smallest absolute Gasteiger partial charge is 0.151 e. The Bertz CT molecular complexity index is 565. The normalized spacial score (nSPS) is 10.4. The number of aldehydes is 1. The van der Waals surface area contributed by atoms with Crippen molar-refractivity contribution in [1.29, 1.82) is 0 Å². The van der Waals surface area contributed by atoms with E-state index in [2.05, 4.69) is 14.9 Å². The van der Waals surface area contributed by atoms with Crippen LogP contribution in [0.2, 0.25) is 0 Å². The highest BCUT2D eigenvalue weighted by molar-refractivity contribution is 7.09. The van der Waals surface area contributed by atoms with E-state index in [1.165, 1.54) is 4.88 Å². The first-order valence-corrected chi connectivity index (χ1v) is 6.51. The van der Waals surface area contributed by atoms with Gasteiger partial charge in [-0.2, -0.15) is 0 Å². The molecule has 0 aliphatic rings. The van der Waals surface area contributed by atoms with Gasteiger partial charge in [0.05, 0.1) is 17.7 Å². The molecule has 2 rings (SSSR count). The van der Waals surface area contributed by atoms with Crippen LogP contribution in [0.1, 0.15) is 26.5 Å². The van der Waals surface area contributed by atoms with Crippen molar-refractivity contribution in [3.63, 3.8) is 0 Å². The lowest BCUT2D eigenvalue weighted by Gasteiger charge is -2.19. The number of carbonyl (C=O) groups excluding carboxylic acids is 1. The van der Waals surface area contributed by atoms with Crippen LogP contribution in [-0.2, 0) is 6.54 Å². The van der Waals surface area contributed by atoms with Gasteiger partial charge in [-0.15, -0.1) is 11.3 Å². The maximum atomic E-state index is 10.7. The van der Waals surface area contributed by atoms with Gasteiger partial charge in [0.2, 0.25) is 0 Å². The molecule has 0 aliphatic carbocycles. The Balaban J connectivity index is 2.21. The van der Waals surface area contributed by atoms with Crippen molar-refractivity contribution in [3.8, 4) is 0 Å². The monoisotopic (exact) mass is 261 g/mol. The van der Waals surface area contributed by atoms with Crippen molar-refractivity contribution in [2.45, 2.75) is 20.4 Å². The third-order valence-corrected chi connectivity index (χ3v) is 3.71. The summed E-state index contributed by atoms with van der Waals surface area (Å²) in [6.45, 7) is 4.76. The first-order valence-electron chi connectivity index (χ1n) is 5.63. The zero-order valence-corrected chi connectivity index (χ0v) is 11.5. The van der Waals surface area contributed by atoms with Gasteiger partial charge in [-0.3, -0.25) is 4.79 Å². The zero-order chi connectivity index (χ0) is 13.1. The van der Waals surface area contributed by atoms with Gasteiger partial charge in [-0.1, -0.05) is 0 Å². The van der Waals surface area contributed by atoms with Crippen LogP contribution in [0.25, 0.3) is 0 Å². The summed E-state index contributed by atoms with van der Waals surface area (Å²) >= 11 is 1.65. The Morgan fingerprint density at radius 1 is 1.39 bits per heavy atom. The van der Waals surface area contributed by atoms with E-state index in [0.717, 1.165) is 29.9 Å². The van der Waals surface area contributed by atoms with Gasteiger partial charge in [0, 0.05) is 23.7 Å². The standard InChI is InChI=1S/C13H15N3OS/c1-9-4-11(7-17)5-14-13(9)16(3)6-12-10(2)15-8-18-12/h4-5,7-8H,6H2,1-3H3. The number of thiazole rings is 1. The van der Waals surface area contributed by atoms with Crippen molar-refractivity contribution in [2.75, 3.05) is 11.9 Å². The van der Waals surface area contributed by atoms with E-state index in [1.54, 1.807) is 17.5 Å². The minimum Gasteiger partial charge on any atom is -0.354 e. The lowest BCUT2D eigenvalue weighted by atomic mass is 10.2. The van der Waals surface area contributed by atoms with Crippen LogP contribution in [0.15, 0.2) is 17.8 Å². The van der Waals surface area contributed by atoms with Crippen molar-refractivity contribution >= 4 is 23.4 Å². The molecule has 0 saturated carbocycles. The maximum Gasteiger partial charge on any atom is 0.151 e. The number of carbonyl (C=O) groups is 1. The van der Waals surface area contributed by atoms with Gasteiger partial charge < -0.3 is 4.90 Å². The quantitative estimate of drug-likeness (QED) is 0.794. The van der Waals surface area contributed by atoms with Crippen LogP contribution in [0.5, 0.6) is 0 Å². The molecule has 2 heterocycles. The van der Waals surface area contributed by atoms with Gasteiger partial charge >= 0.3 is 0 Å². The van der Waals surface area contributed by atoms with Gasteiger partial charge in [0.1, 0.15) is 5.82 Å². The van der Waals surface area contributed by atoms with Crippen LogP contribution in [0.3, 0.4) is 0 Å². The summed E-state index contributed by atoms with van der Waals surface area (Å²) in [6, 6.07) is 1.85. The molecule has 0 fully saturated rings. The summed E-state index contributed by atoms with van der Waals surface area (Å²) < 4.78 is 0. The third kappa shape index (κ3) is 2.56. The second-order valence-corrected chi connectivity index (χ2v) is 5.18. The zero-order valence-electron chi connectivity index (χ0n) is 10.7. The molecule has 0 bridgehead atoms. The van der Waals surface area contributed by atoms with E-state index in [9.17, 15) is 4.79 Å². The first kappa shape index (κ1) is 12.7. The van der Waals surface area contributed by atoms with E-state index < -0.39 is 0 Å². The molecule has 0 N–H and O–H groups in total. The number of hydrogen-bond donors (Lipinski definition) is 0. The van der Waals surface area contributed by atoms with Crippen LogP contribution < -0.4 is 4.90 Å². The van der Waals surface area contributed by atoms with Crippen molar-refractivity contribution in [3.05, 3.63) is 39.5 Å². The summed E-state index contributed by atoms with van der Waals surface area (Å²) in [5.74, 6) is 0.897. The second-order valence-electron chi connectivity index (χ2n) is 4.24. The Hall–Kier alpha value is -1.75. The molecule has 0 aromatic carbocycles. The van der Waals surface area contributed by atoms with Crippen LogP contribution >= 0.6 is 11.3 Å². The van der Waals surface area contributed by atoms with Gasteiger partial charge in [-0.05, 0) is 25.5 Å². The van der Waals surface area contributed by atoms with Crippen molar-refractivity contribution in [1.82, 2.24) is 9.97 Å². The molecule has 0 atom stereocenters. The molecule has 0 radical (unpaired) electrons. The SMILES string of the molecule is Cc1cc(C=O)cnc1N(C)Cc1scnc1C. The molecular formula is C13H15N3OS. The van der Waals surface area contributed by atoms with Crippen molar-refractivity contribution < 1.29 is 4.79 Å². The van der Waals surface area contributed by atoms with E-state index in [4.69, 9.17) is 0 Å². The Morgan fingerprint density at radius 2 is 2.17 bits per heavy atom. The molecule has 4 nitrogen and oxygen atoms in total. The highest BCUT2D eigenvalue weighted by atomic mass is 32.1. The molecule has 0 amide bonds. The Kier molecular flexibility index (Phi) is 3.72. The fourth-order valence-electron chi connectivity index (χ4n) is 1.82. The molecule has 0 unspecified atom stereocenters. The molecule has 18 heavy (non-hydrogen) atoms. The van der Waals surface area contributed by atoms with Crippen LogP contribution in [0, 0.1) is 13.8 Å². The summed E-state index contributed by atoms with van der Waals surface area (Å²) in [6.07, 6.45) is 2.42. The van der Waals surface area contributed by atoms with Crippen LogP contribution in [-0.4, -0.2) is 23.3 Å². The van der Waals surface area contributed by atoms with E-state index in [1.807, 2.05) is 32.5 Å². The molecule has 2 aromatic rings. The molecule has 0 spiro atoms. The van der Waals surface area contributed by atoms with E-state index in [0.29, 0.717) is 5.56 Å². The first-order chi connectivity index (χ1) is 8.61. The minimum absolute atomic E-state index is 0.610. The average molecular weight is 261 g/mol. The number of hydrogen-bond acceptors (Lipinski definition) is 5. The second kappa shape index (κ2) is 5.27. The highest BCUT2D eigenvalue weighted by Crippen LogP contribution is 2.21. The lowest BCUT2D eigenvalue weighted by Crippen LogP contribution is -2.18. The topological polar surface area (TPSA) is 46.1 Å². The number of anilines is 1. The number of aromatic nitrogens is 2. The molecule has 5 heteroatoms. The average Bonchev–Trinajstić information content (AvgIpc) is 2.74. The molecule has 94 valence electrons. The van der Waals surface area contributed by atoms with E-state index >= 15 is 0 Å². The fraction of sp³-hybridized carbons (Fsp3) is 0.308. The van der Waals surface area contributed by atoms with Crippen molar-refractivity contribution in [2.24, 2.45) is 0 Å². The molecule has 2 aromatic heterocycles. The van der Waals surface area contributed by atoms with Gasteiger partial charge in [0.25, 0.3) is 0 Å². The number of rotatable bonds is 4. The summed E-state index contributed by atoms with van der Waals surface area (Å²) in [5, 5.41) is 0. The van der Waals surface area contributed by atoms with E-state index in [-0.39, 0.29) is 0 Å². The van der Waals surface area contributed by atoms with Gasteiger partial charge in [0.15, 0.2) is 6.29 Å². The number of aryl methyl sites for hydroxylation is 2. The molecular weight excluding hydrogens is 246 g/mol. The summed E-state index contributed by atoms with van der Waals surface area (Å²) in [5.41, 5.74) is 4.53. The minimum atomic E-state index is 0.610. The number of pyridine rings is 1. The maximum absolute atomic E-state index is 10.7. The largest absolute Gasteiger partial charge is 0.354 e. The van der Waals surface area contributed by atoms with Crippen LogP contribution in [0.4, 0.5) is 5.82 Å². The third-order valence-electron chi connectivity index (χ3n) is 2.80. The lowest BCUT2D eigenvalue weighted by molar-refractivity contribution is 0.112. The Labute approximate surface area is 110 Å². The fourth-order valence-corrected chi connectivity index (χ4v) is 2.65. The number of nitrogens with zero attached hydrogens (tertiary/aromatic N) is 3. The Morgan fingerprint density at radius 3 is 2.72 bits per heavy atom. The summed E-state index contributed by atoms with van der Waals surface area (Å²) in [7, 11) is 2.00. The van der Waals surface area contributed by atoms with Gasteiger partial charge in [-0.25, -0.2) is 9.97 Å². The molecule has 0 aliphatic heterocycles. The predicted octanol–water partition coefficient (Wildman–Crippen LogP) is 2.60. The molecule has 0 saturated heterocycles. The summed E-state index contributed by atoms with van der Waals surface area (Å²) in [4.78, 5) is 22.6. The predicted molar refractivity (Wildman–Crippen MR) is 73.3 cm³/mol. The highest BCUT2D eigenvalue weighted by Gasteiger charge is 2.10.